The largest absolute Gasteiger partial charge is 0.265 e. The Kier molecular flexibility index (Phi) is 3.50. The summed E-state index contributed by atoms with van der Waals surface area (Å²) in [5.74, 6) is 0.700. The molecule has 5 aromatic rings. The van der Waals surface area contributed by atoms with Crippen molar-refractivity contribution < 1.29 is 0 Å². The van der Waals surface area contributed by atoms with E-state index in [0.29, 0.717) is 5.82 Å². The fraction of sp³-hybridized carbons (Fsp3) is 0.143. The lowest BCUT2D eigenvalue weighted by Crippen LogP contribution is -2.03. The lowest BCUT2D eigenvalue weighted by Gasteiger charge is -2.05. The van der Waals surface area contributed by atoms with Crippen molar-refractivity contribution in [3.8, 4) is 11.4 Å². The first-order valence-electron chi connectivity index (χ1n) is 8.88. The predicted octanol–water partition coefficient (Wildman–Crippen LogP) is 3.81. The Bertz CT molecular complexity index is 1260. The maximum atomic E-state index is 4.74. The van der Waals surface area contributed by atoms with Crippen LogP contribution in [0.2, 0.25) is 0 Å². The molecule has 132 valence electrons. The molecule has 0 fully saturated rings. The third-order valence-corrected chi connectivity index (χ3v) is 4.73. The summed E-state index contributed by atoms with van der Waals surface area (Å²) in [4.78, 5) is 9.17. The highest BCUT2D eigenvalue weighted by Crippen LogP contribution is 2.21. The van der Waals surface area contributed by atoms with E-state index in [9.17, 15) is 0 Å². The molecule has 0 N–H and O–H groups in total. The van der Waals surface area contributed by atoms with Gasteiger partial charge >= 0.3 is 0 Å². The van der Waals surface area contributed by atoms with Gasteiger partial charge in [0.05, 0.1) is 17.8 Å². The summed E-state index contributed by atoms with van der Waals surface area (Å²) in [6.07, 6.45) is 1.71. The fourth-order valence-corrected chi connectivity index (χ4v) is 3.37. The first-order valence-corrected chi connectivity index (χ1v) is 8.88. The van der Waals surface area contributed by atoms with Crippen LogP contribution in [0.4, 0.5) is 0 Å². The standard InChI is InChI=1S/C21H18N6/c1-14-11-15(2)26(24-14)12-16-7-9-17(10-8-16)20-23-21-18-5-3-4-6-19(18)22-13-27(21)25-20/h3-11,13H,12H2,1-2H3. The van der Waals surface area contributed by atoms with Gasteiger partial charge in [0.1, 0.15) is 6.33 Å². The van der Waals surface area contributed by atoms with Gasteiger partial charge in [-0.15, -0.1) is 5.10 Å². The minimum atomic E-state index is 0.700. The van der Waals surface area contributed by atoms with E-state index in [2.05, 4.69) is 52.4 Å². The Morgan fingerprint density at radius 2 is 1.74 bits per heavy atom. The monoisotopic (exact) mass is 354 g/mol. The van der Waals surface area contributed by atoms with Crippen molar-refractivity contribution in [1.82, 2.24) is 29.4 Å². The highest BCUT2D eigenvalue weighted by atomic mass is 15.3. The molecule has 0 saturated heterocycles. The van der Waals surface area contributed by atoms with Gasteiger partial charge in [-0.2, -0.15) is 5.10 Å². The molecule has 0 amide bonds. The van der Waals surface area contributed by atoms with E-state index >= 15 is 0 Å². The molecule has 27 heavy (non-hydrogen) atoms. The van der Waals surface area contributed by atoms with Crippen molar-refractivity contribution in [2.24, 2.45) is 0 Å². The van der Waals surface area contributed by atoms with Gasteiger partial charge in [0, 0.05) is 16.6 Å². The summed E-state index contributed by atoms with van der Waals surface area (Å²) in [6.45, 7) is 4.85. The molecular formula is C21H18N6. The molecule has 3 heterocycles. The Labute approximate surface area is 156 Å². The number of aromatic nitrogens is 6. The Hall–Kier alpha value is -3.54. The third-order valence-electron chi connectivity index (χ3n) is 4.73. The molecule has 0 aliphatic heterocycles. The molecule has 0 aliphatic carbocycles. The van der Waals surface area contributed by atoms with E-state index in [1.807, 2.05) is 35.9 Å². The summed E-state index contributed by atoms with van der Waals surface area (Å²) in [5.41, 5.74) is 6.13. The van der Waals surface area contributed by atoms with Crippen LogP contribution in [0.1, 0.15) is 17.0 Å². The molecule has 0 bridgehead atoms. The highest BCUT2D eigenvalue weighted by Gasteiger charge is 2.10. The molecular weight excluding hydrogens is 336 g/mol. The van der Waals surface area contributed by atoms with Crippen LogP contribution in [0, 0.1) is 13.8 Å². The first-order chi connectivity index (χ1) is 13.2. The molecule has 6 nitrogen and oxygen atoms in total. The number of fused-ring (bicyclic) bond motifs is 3. The summed E-state index contributed by atoms with van der Waals surface area (Å²) in [6, 6.07) is 18.4. The van der Waals surface area contributed by atoms with Crippen molar-refractivity contribution in [3.05, 3.63) is 77.9 Å². The molecule has 0 unspecified atom stereocenters. The molecule has 0 spiro atoms. The van der Waals surface area contributed by atoms with E-state index in [1.54, 1.807) is 10.8 Å². The summed E-state index contributed by atoms with van der Waals surface area (Å²) >= 11 is 0. The van der Waals surface area contributed by atoms with Crippen LogP contribution in [0.25, 0.3) is 27.9 Å². The van der Waals surface area contributed by atoms with Gasteiger partial charge in [-0.3, -0.25) is 4.68 Å². The van der Waals surface area contributed by atoms with E-state index in [1.165, 1.54) is 5.56 Å². The number of nitrogens with zero attached hydrogens (tertiary/aromatic N) is 6. The zero-order valence-electron chi connectivity index (χ0n) is 15.2. The fourth-order valence-electron chi connectivity index (χ4n) is 3.37. The van der Waals surface area contributed by atoms with Gasteiger partial charge in [-0.1, -0.05) is 36.4 Å². The van der Waals surface area contributed by atoms with Crippen molar-refractivity contribution in [2.45, 2.75) is 20.4 Å². The van der Waals surface area contributed by atoms with Crippen LogP contribution < -0.4 is 0 Å². The van der Waals surface area contributed by atoms with Crippen LogP contribution in [0.5, 0.6) is 0 Å². The van der Waals surface area contributed by atoms with Gasteiger partial charge in [0.25, 0.3) is 0 Å². The maximum Gasteiger partial charge on any atom is 0.182 e. The van der Waals surface area contributed by atoms with Gasteiger partial charge in [0.15, 0.2) is 11.5 Å². The number of benzene rings is 2. The third kappa shape index (κ3) is 2.75. The topological polar surface area (TPSA) is 60.9 Å². The minimum absolute atomic E-state index is 0.700. The molecule has 0 atom stereocenters. The summed E-state index contributed by atoms with van der Waals surface area (Å²) in [5, 5.41) is 10.1. The number of para-hydroxylation sites is 1. The van der Waals surface area contributed by atoms with Crippen molar-refractivity contribution in [3.63, 3.8) is 0 Å². The SMILES string of the molecule is Cc1cc(C)n(Cc2ccc(-c3nc4c5ccccc5ncn4n3)cc2)n1. The number of hydrogen-bond acceptors (Lipinski definition) is 4. The van der Waals surface area contributed by atoms with E-state index in [-0.39, 0.29) is 0 Å². The first kappa shape index (κ1) is 15.7. The van der Waals surface area contributed by atoms with Crippen molar-refractivity contribution in [2.75, 3.05) is 0 Å². The molecule has 2 aromatic carbocycles. The van der Waals surface area contributed by atoms with E-state index in [4.69, 9.17) is 4.98 Å². The lowest BCUT2D eigenvalue weighted by atomic mass is 10.1. The molecule has 3 aromatic heterocycles. The Balaban J connectivity index is 1.49. The summed E-state index contributed by atoms with van der Waals surface area (Å²) in [7, 11) is 0. The molecule has 6 heteroatoms. The van der Waals surface area contributed by atoms with Crippen LogP contribution in [0.3, 0.4) is 0 Å². The second kappa shape index (κ2) is 6.02. The predicted molar refractivity (Wildman–Crippen MR) is 105 cm³/mol. The van der Waals surface area contributed by atoms with Crippen LogP contribution >= 0.6 is 0 Å². The maximum absolute atomic E-state index is 4.74. The number of aryl methyl sites for hydroxylation is 2. The zero-order chi connectivity index (χ0) is 18.4. The second-order valence-electron chi connectivity index (χ2n) is 6.75. The molecule has 0 saturated carbocycles. The Morgan fingerprint density at radius 1 is 0.926 bits per heavy atom. The average Bonchev–Trinajstić information content (AvgIpc) is 3.25. The number of rotatable bonds is 3. The summed E-state index contributed by atoms with van der Waals surface area (Å²) < 4.78 is 3.76. The molecule has 0 aliphatic rings. The number of hydrogen-bond donors (Lipinski definition) is 0. The zero-order valence-corrected chi connectivity index (χ0v) is 15.2. The Morgan fingerprint density at radius 3 is 2.52 bits per heavy atom. The van der Waals surface area contributed by atoms with Gasteiger partial charge in [0.2, 0.25) is 0 Å². The van der Waals surface area contributed by atoms with Crippen molar-refractivity contribution >= 4 is 16.6 Å². The molecule has 5 rings (SSSR count). The molecule has 0 radical (unpaired) electrons. The van der Waals surface area contributed by atoms with Crippen LogP contribution in [-0.4, -0.2) is 29.4 Å². The quantitative estimate of drug-likeness (QED) is 0.494. The van der Waals surface area contributed by atoms with Gasteiger partial charge < -0.3 is 0 Å². The van der Waals surface area contributed by atoms with E-state index in [0.717, 1.165) is 40.0 Å². The second-order valence-corrected chi connectivity index (χ2v) is 6.75. The van der Waals surface area contributed by atoms with E-state index < -0.39 is 0 Å². The minimum Gasteiger partial charge on any atom is -0.265 e. The van der Waals surface area contributed by atoms with Gasteiger partial charge in [-0.25, -0.2) is 14.5 Å². The average molecular weight is 354 g/mol. The van der Waals surface area contributed by atoms with Gasteiger partial charge in [-0.05, 0) is 37.6 Å². The van der Waals surface area contributed by atoms with Crippen molar-refractivity contribution in [1.29, 1.82) is 0 Å². The normalized spacial score (nSPS) is 11.5. The smallest absolute Gasteiger partial charge is 0.182 e. The van der Waals surface area contributed by atoms with Crippen LogP contribution in [0.15, 0.2) is 60.9 Å². The van der Waals surface area contributed by atoms with Crippen LogP contribution in [-0.2, 0) is 6.54 Å². The highest BCUT2D eigenvalue weighted by molar-refractivity contribution is 5.91. The lowest BCUT2D eigenvalue weighted by molar-refractivity contribution is 0.659.